The van der Waals surface area contributed by atoms with Crippen LogP contribution in [-0.4, -0.2) is 62.0 Å². The maximum Gasteiger partial charge on any atom is 0.249 e. The molecule has 7 nitrogen and oxygen atoms in total. The van der Waals surface area contributed by atoms with Crippen LogP contribution in [0.5, 0.6) is 0 Å². The Hall–Kier alpha value is -1.47. The first kappa shape index (κ1) is 14.6. The van der Waals surface area contributed by atoms with E-state index in [4.69, 9.17) is 4.74 Å². The number of hydrogen-bond donors (Lipinski definition) is 2. The van der Waals surface area contributed by atoms with Crippen LogP contribution in [0.3, 0.4) is 0 Å². The molecule has 0 aliphatic carbocycles. The second kappa shape index (κ2) is 7.07. The molecular weight excluding hydrogens is 238 g/mol. The highest BCUT2D eigenvalue weighted by Gasteiger charge is 2.34. The predicted molar refractivity (Wildman–Crippen MR) is 63.7 cm³/mol. The number of carbonyl (C=O) groups is 3. The van der Waals surface area contributed by atoms with Gasteiger partial charge in [0.05, 0.1) is 13.2 Å². The summed E-state index contributed by atoms with van der Waals surface area (Å²) < 4.78 is 4.84. The zero-order valence-corrected chi connectivity index (χ0v) is 10.7. The van der Waals surface area contributed by atoms with Gasteiger partial charge in [-0.25, -0.2) is 0 Å². The highest BCUT2D eigenvalue weighted by atomic mass is 16.5. The Morgan fingerprint density at radius 2 is 2.28 bits per heavy atom. The van der Waals surface area contributed by atoms with Gasteiger partial charge < -0.3 is 15.0 Å². The lowest BCUT2D eigenvalue weighted by Crippen LogP contribution is -2.60. The molecule has 1 fully saturated rings. The minimum absolute atomic E-state index is 0.0605. The largest absolute Gasteiger partial charge is 0.383 e. The summed E-state index contributed by atoms with van der Waals surface area (Å²) in [4.78, 5) is 36.1. The number of methoxy groups -OCH3 is 1. The third-order valence-electron chi connectivity index (χ3n) is 2.72. The predicted octanol–water partition coefficient (Wildman–Crippen LogP) is -1.51. The van der Waals surface area contributed by atoms with E-state index in [0.29, 0.717) is 19.6 Å². The maximum absolute atomic E-state index is 11.9. The van der Waals surface area contributed by atoms with E-state index in [1.165, 1.54) is 4.90 Å². The van der Waals surface area contributed by atoms with Gasteiger partial charge in [-0.15, -0.1) is 0 Å². The van der Waals surface area contributed by atoms with Crippen molar-refractivity contribution in [1.82, 2.24) is 15.5 Å². The second-order valence-electron chi connectivity index (χ2n) is 4.03. The van der Waals surface area contributed by atoms with E-state index in [-0.39, 0.29) is 19.0 Å². The van der Waals surface area contributed by atoms with E-state index in [9.17, 15) is 14.4 Å². The standard InChI is InChI=1S/C11H19N3O4/c1-3-8-11(17)13-9(15)7-14(8)10(16)6-12-4-5-18-2/h8,12H,3-7H2,1-2H3,(H,13,15,17). The van der Waals surface area contributed by atoms with Crippen molar-refractivity contribution < 1.29 is 19.1 Å². The van der Waals surface area contributed by atoms with Gasteiger partial charge in [-0.1, -0.05) is 6.92 Å². The van der Waals surface area contributed by atoms with Crippen LogP contribution in [0.15, 0.2) is 0 Å². The first-order chi connectivity index (χ1) is 8.60. The number of ether oxygens (including phenoxy) is 1. The van der Waals surface area contributed by atoms with Crippen LogP contribution in [0.1, 0.15) is 13.3 Å². The molecule has 1 saturated heterocycles. The van der Waals surface area contributed by atoms with Crippen LogP contribution in [-0.2, 0) is 19.1 Å². The second-order valence-corrected chi connectivity index (χ2v) is 4.03. The first-order valence-electron chi connectivity index (χ1n) is 5.93. The zero-order chi connectivity index (χ0) is 13.5. The number of piperazine rings is 1. The van der Waals surface area contributed by atoms with Crippen LogP contribution in [0.4, 0.5) is 0 Å². The summed E-state index contributed by atoms with van der Waals surface area (Å²) >= 11 is 0. The Labute approximate surface area is 106 Å². The van der Waals surface area contributed by atoms with Crippen molar-refractivity contribution in [3.8, 4) is 0 Å². The molecule has 0 bridgehead atoms. The Kier molecular flexibility index (Phi) is 5.73. The molecule has 0 spiro atoms. The molecule has 2 N–H and O–H groups in total. The smallest absolute Gasteiger partial charge is 0.249 e. The Bertz CT molecular complexity index is 332. The quantitative estimate of drug-likeness (QED) is 0.446. The summed E-state index contributed by atoms with van der Waals surface area (Å²) in [5.41, 5.74) is 0. The lowest BCUT2D eigenvalue weighted by molar-refractivity contribution is -0.149. The minimum Gasteiger partial charge on any atom is -0.383 e. The van der Waals surface area contributed by atoms with Crippen molar-refractivity contribution in [3.63, 3.8) is 0 Å². The molecule has 1 heterocycles. The van der Waals surface area contributed by atoms with E-state index >= 15 is 0 Å². The van der Waals surface area contributed by atoms with Crippen molar-refractivity contribution in [1.29, 1.82) is 0 Å². The molecule has 102 valence electrons. The van der Waals surface area contributed by atoms with Crippen LogP contribution in [0, 0.1) is 0 Å². The van der Waals surface area contributed by atoms with E-state index in [1.807, 2.05) is 0 Å². The third-order valence-corrected chi connectivity index (χ3v) is 2.72. The number of amides is 3. The molecular formula is C11H19N3O4. The molecule has 1 aliphatic rings. The number of nitrogens with zero attached hydrogens (tertiary/aromatic N) is 1. The van der Waals surface area contributed by atoms with E-state index in [0.717, 1.165) is 0 Å². The van der Waals surface area contributed by atoms with Gasteiger partial charge in [0.1, 0.15) is 12.6 Å². The number of nitrogens with one attached hydrogen (secondary N) is 2. The summed E-state index contributed by atoms with van der Waals surface area (Å²) in [7, 11) is 1.57. The van der Waals surface area contributed by atoms with Gasteiger partial charge in [0.2, 0.25) is 17.7 Å². The van der Waals surface area contributed by atoms with Gasteiger partial charge in [-0.3, -0.25) is 19.7 Å². The molecule has 0 saturated carbocycles. The molecule has 1 aliphatic heterocycles. The SMILES string of the molecule is CCC1C(=O)NC(=O)CN1C(=O)CNCCOC. The van der Waals surface area contributed by atoms with Gasteiger partial charge in [-0.05, 0) is 6.42 Å². The average molecular weight is 257 g/mol. The Morgan fingerprint density at radius 1 is 1.56 bits per heavy atom. The van der Waals surface area contributed by atoms with Gasteiger partial charge in [-0.2, -0.15) is 0 Å². The van der Waals surface area contributed by atoms with Gasteiger partial charge in [0.25, 0.3) is 0 Å². The molecule has 0 aromatic rings. The lowest BCUT2D eigenvalue weighted by Gasteiger charge is -2.33. The number of imide groups is 1. The Balaban J connectivity index is 2.52. The summed E-state index contributed by atoms with van der Waals surface area (Å²) in [5.74, 6) is -1.09. The van der Waals surface area contributed by atoms with Crippen LogP contribution >= 0.6 is 0 Å². The number of hydrogen-bond acceptors (Lipinski definition) is 5. The highest BCUT2D eigenvalue weighted by molar-refractivity contribution is 6.04. The van der Waals surface area contributed by atoms with Gasteiger partial charge in [0, 0.05) is 13.7 Å². The summed E-state index contributed by atoms with van der Waals surface area (Å²) in [5, 5.41) is 5.13. The van der Waals surface area contributed by atoms with Crippen LogP contribution < -0.4 is 10.6 Å². The van der Waals surface area contributed by atoms with Crippen molar-refractivity contribution in [2.45, 2.75) is 19.4 Å². The van der Waals surface area contributed by atoms with Gasteiger partial charge in [0.15, 0.2) is 0 Å². The van der Waals surface area contributed by atoms with Crippen LogP contribution in [0.2, 0.25) is 0 Å². The minimum atomic E-state index is -0.556. The highest BCUT2D eigenvalue weighted by Crippen LogP contribution is 2.08. The van der Waals surface area contributed by atoms with Crippen molar-refractivity contribution in [2.24, 2.45) is 0 Å². The summed E-state index contributed by atoms with van der Waals surface area (Å²) in [6, 6.07) is -0.556. The first-order valence-corrected chi connectivity index (χ1v) is 5.93. The van der Waals surface area contributed by atoms with Crippen molar-refractivity contribution in [2.75, 3.05) is 33.4 Å². The monoisotopic (exact) mass is 257 g/mol. The fraction of sp³-hybridized carbons (Fsp3) is 0.727. The average Bonchev–Trinajstić information content (AvgIpc) is 2.33. The van der Waals surface area contributed by atoms with E-state index < -0.39 is 17.9 Å². The van der Waals surface area contributed by atoms with E-state index in [1.54, 1.807) is 14.0 Å². The summed E-state index contributed by atoms with van der Waals surface area (Å²) in [6.07, 6.45) is 0.489. The van der Waals surface area contributed by atoms with Gasteiger partial charge >= 0.3 is 0 Å². The maximum atomic E-state index is 11.9. The topological polar surface area (TPSA) is 87.7 Å². The Morgan fingerprint density at radius 3 is 2.89 bits per heavy atom. The molecule has 0 aromatic carbocycles. The molecule has 0 radical (unpaired) electrons. The number of carbonyl (C=O) groups excluding carboxylic acids is 3. The normalized spacial score (nSPS) is 19.9. The fourth-order valence-electron chi connectivity index (χ4n) is 1.81. The molecule has 1 unspecified atom stereocenters. The summed E-state index contributed by atoms with van der Waals surface area (Å²) in [6.45, 7) is 2.89. The van der Waals surface area contributed by atoms with Crippen LogP contribution in [0.25, 0.3) is 0 Å². The molecule has 7 heteroatoms. The molecule has 1 rings (SSSR count). The van der Waals surface area contributed by atoms with Crippen molar-refractivity contribution in [3.05, 3.63) is 0 Å². The van der Waals surface area contributed by atoms with Crippen molar-refractivity contribution >= 4 is 17.7 Å². The third kappa shape index (κ3) is 3.78. The molecule has 18 heavy (non-hydrogen) atoms. The van der Waals surface area contributed by atoms with E-state index in [2.05, 4.69) is 10.6 Å². The lowest BCUT2D eigenvalue weighted by atomic mass is 10.1. The number of rotatable bonds is 6. The zero-order valence-electron chi connectivity index (χ0n) is 10.7. The fourth-order valence-corrected chi connectivity index (χ4v) is 1.81. The molecule has 0 aromatic heterocycles. The molecule has 3 amide bonds. The molecule has 1 atom stereocenters.